The van der Waals surface area contributed by atoms with E-state index in [1.165, 1.54) is 19.3 Å². The third-order valence-corrected chi connectivity index (χ3v) is 5.52. The minimum Gasteiger partial charge on any atom is -0.493 e. The molecule has 1 aliphatic heterocycles. The van der Waals surface area contributed by atoms with E-state index >= 15 is 0 Å². The predicted octanol–water partition coefficient (Wildman–Crippen LogP) is 3.43. The second-order valence-electron chi connectivity index (χ2n) is 8.54. The van der Waals surface area contributed by atoms with E-state index in [1.807, 2.05) is 12.1 Å². The van der Waals surface area contributed by atoms with E-state index in [2.05, 4.69) is 12.2 Å². The molecule has 0 aliphatic carbocycles. The number of nitrogens with two attached hydrogens (primary N) is 1. The Morgan fingerprint density at radius 1 is 1.15 bits per heavy atom. The number of unbranched alkanes of at least 4 members (excludes halogenated alkanes) is 5. The number of fused-ring (bicyclic) bond motifs is 1. The van der Waals surface area contributed by atoms with Crippen molar-refractivity contribution in [2.24, 2.45) is 5.73 Å². The lowest BCUT2D eigenvalue weighted by Crippen LogP contribution is -2.43. The highest BCUT2D eigenvalue weighted by Crippen LogP contribution is 2.29. The van der Waals surface area contributed by atoms with Crippen LogP contribution in [0.3, 0.4) is 0 Å². The van der Waals surface area contributed by atoms with Crippen LogP contribution in [0.15, 0.2) is 18.2 Å². The van der Waals surface area contributed by atoms with E-state index in [0.717, 1.165) is 24.8 Å². The molecule has 0 fully saturated rings. The molecule has 0 radical (unpaired) electrons. The Hall–Kier alpha value is -2.61. The molecule has 8 nitrogen and oxygen atoms in total. The van der Waals surface area contributed by atoms with Crippen LogP contribution in [-0.2, 0) is 25.5 Å². The maximum Gasteiger partial charge on any atom is 0.311 e. The molecule has 0 spiro atoms. The summed E-state index contributed by atoms with van der Waals surface area (Å²) in [5.74, 6) is 0.271. The summed E-state index contributed by atoms with van der Waals surface area (Å²) in [6.07, 6.45) is 7.81. The number of nitrogens with one attached hydrogen (secondary N) is 1. The van der Waals surface area contributed by atoms with Crippen LogP contribution in [-0.4, -0.2) is 43.1 Å². The normalized spacial score (nSPS) is 14.6. The van der Waals surface area contributed by atoms with Gasteiger partial charge < -0.3 is 25.3 Å². The summed E-state index contributed by atoms with van der Waals surface area (Å²) >= 11 is 0. The van der Waals surface area contributed by atoms with Gasteiger partial charge in [0.2, 0.25) is 5.91 Å². The molecule has 1 amide bonds. The van der Waals surface area contributed by atoms with E-state index in [9.17, 15) is 14.4 Å². The van der Waals surface area contributed by atoms with Gasteiger partial charge in [-0.05, 0) is 31.4 Å². The maximum absolute atomic E-state index is 12.3. The molecule has 2 rings (SSSR count). The number of ether oxygens (including phenoxy) is 3. The van der Waals surface area contributed by atoms with Gasteiger partial charge in [-0.1, -0.05) is 45.1 Å². The standard InChI is InChI=1S/C25H38N2O6/c1-3-4-5-6-7-8-9-23(28)32-21(17-27-25(30)18(2)26)14-15-31-20-12-10-19-11-13-24(29)33-22(19)16-20/h10,12,16,18,21H,3-9,11,13-15,17,26H2,1-2H3,(H,27,30). The van der Waals surface area contributed by atoms with Gasteiger partial charge in [-0.2, -0.15) is 0 Å². The Bertz CT molecular complexity index is 780. The Balaban J connectivity index is 1.81. The van der Waals surface area contributed by atoms with Crippen LogP contribution in [0, 0.1) is 0 Å². The number of aryl methyl sites for hydroxylation is 1. The van der Waals surface area contributed by atoms with E-state index in [-0.39, 0.29) is 31.0 Å². The van der Waals surface area contributed by atoms with Gasteiger partial charge in [0, 0.05) is 18.9 Å². The van der Waals surface area contributed by atoms with Crippen LogP contribution < -0.4 is 20.5 Å². The van der Waals surface area contributed by atoms with Gasteiger partial charge in [0.25, 0.3) is 0 Å². The largest absolute Gasteiger partial charge is 0.493 e. The molecule has 1 aliphatic rings. The Morgan fingerprint density at radius 2 is 1.91 bits per heavy atom. The zero-order chi connectivity index (χ0) is 24.1. The molecule has 1 heterocycles. The summed E-state index contributed by atoms with van der Waals surface area (Å²) in [5.41, 5.74) is 6.57. The van der Waals surface area contributed by atoms with Crippen molar-refractivity contribution in [1.29, 1.82) is 0 Å². The van der Waals surface area contributed by atoms with Gasteiger partial charge in [0.05, 0.1) is 25.6 Å². The quantitative estimate of drug-likeness (QED) is 0.233. The second kappa shape index (κ2) is 14.5. The Labute approximate surface area is 196 Å². The van der Waals surface area contributed by atoms with Crippen LogP contribution >= 0.6 is 0 Å². The monoisotopic (exact) mass is 462 g/mol. The van der Waals surface area contributed by atoms with Crippen molar-refractivity contribution in [2.75, 3.05) is 13.2 Å². The summed E-state index contributed by atoms with van der Waals surface area (Å²) < 4.78 is 16.7. The first-order valence-corrected chi connectivity index (χ1v) is 12.1. The zero-order valence-electron chi connectivity index (χ0n) is 19.9. The highest BCUT2D eigenvalue weighted by molar-refractivity contribution is 5.81. The summed E-state index contributed by atoms with van der Waals surface area (Å²) in [6, 6.07) is 4.77. The summed E-state index contributed by atoms with van der Waals surface area (Å²) in [6.45, 7) is 4.22. The van der Waals surface area contributed by atoms with Crippen LogP contribution in [0.1, 0.15) is 77.2 Å². The number of hydrogen-bond acceptors (Lipinski definition) is 7. The molecule has 2 unspecified atom stereocenters. The third-order valence-electron chi connectivity index (χ3n) is 5.52. The lowest BCUT2D eigenvalue weighted by molar-refractivity contribution is -0.150. The first-order chi connectivity index (χ1) is 15.9. The van der Waals surface area contributed by atoms with E-state index in [4.69, 9.17) is 19.9 Å². The smallest absolute Gasteiger partial charge is 0.311 e. The number of carbonyl (C=O) groups excluding carboxylic acids is 3. The minimum absolute atomic E-state index is 0.174. The fourth-order valence-electron chi connectivity index (χ4n) is 3.52. The Kier molecular flexibility index (Phi) is 11.7. The van der Waals surface area contributed by atoms with Gasteiger partial charge in [-0.3, -0.25) is 14.4 Å². The van der Waals surface area contributed by atoms with Gasteiger partial charge in [-0.15, -0.1) is 0 Å². The SMILES string of the molecule is CCCCCCCCC(=O)OC(CCOc1ccc2c(c1)OC(=O)CC2)CNC(=O)C(C)N. The first kappa shape index (κ1) is 26.6. The topological polar surface area (TPSA) is 117 Å². The number of esters is 2. The third kappa shape index (κ3) is 10.2. The lowest BCUT2D eigenvalue weighted by Gasteiger charge is -2.20. The molecular formula is C25H38N2O6. The molecule has 0 aromatic heterocycles. The highest BCUT2D eigenvalue weighted by atomic mass is 16.5. The lowest BCUT2D eigenvalue weighted by atomic mass is 10.1. The molecule has 0 saturated heterocycles. The van der Waals surface area contributed by atoms with Crippen molar-refractivity contribution in [3.63, 3.8) is 0 Å². The van der Waals surface area contributed by atoms with Crippen LogP contribution in [0.4, 0.5) is 0 Å². The van der Waals surface area contributed by atoms with Crippen LogP contribution in [0.25, 0.3) is 0 Å². The van der Waals surface area contributed by atoms with E-state index in [1.54, 1.807) is 13.0 Å². The van der Waals surface area contributed by atoms with Gasteiger partial charge in [-0.25, -0.2) is 0 Å². The van der Waals surface area contributed by atoms with E-state index < -0.39 is 12.1 Å². The number of benzene rings is 1. The van der Waals surface area contributed by atoms with Crippen LogP contribution in [0.5, 0.6) is 11.5 Å². The molecule has 184 valence electrons. The van der Waals surface area contributed by atoms with Gasteiger partial charge in [0.15, 0.2) is 0 Å². The second-order valence-corrected chi connectivity index (χ2v) is 8.54. The summed E-state index contributed by atoms with van der Waals surface area (Å²) in [5, 5.41) is 2.72. The molecular weight excluding hydrogens is 424 g/mol. The predicted molar refractivity (Wildman–Crippen MR) is 125 cm³/mol. The number of rotatable bonds is 15. The van der Waals surface area contributed by atoms with Crippen molar-refractivity contribution in [2.45, 2.75) is 90.2 Å². The number of carbonyl (C=O) groups is 3. The molecule has 0 bridgehead atoms. The minimum atomic E-state index is -0.640. The van der Waals surface area contributed by atoms with Crippen molar-refractivity contribution < 1.29 is 28.6 Å². The average Bonchev–Trinajstić information content (AvgIpc) is 2.79. The van der Waals surface area contributed by atoms with Crippen molar-refractivity contribution in [1.82, 2.24) is 5.32 Å². The average molecular weight is 463 g/mol. The van der Waals surface area contributed by atoms with E-state index in [0.29, 0.717) is 37.2 Å². The van der Waals surface area contributed by atoms with Crippen molar-refractivity contribution >= 4 is 17.8 Å². The van der Waals surface area contributed by atoms with Crippen LogP contribution in [0.2, 0.25) is 0 Å². The number of hydrogen-bond donors (Lipinski definition) is 2. The molecule has 1 aromatic carbocycles. The first-order valence-electron chi connectivity index (χ1n) is 12.1. The summed E-state index contributed by atoms with van der Waals surface area (Å²) in [7, 11) is 0. The molecule has 2 atom stereocenters. The Morgan fingerprint density at radius 3 is 2.67 bits per heavy atom. The molecule has 8 heteroatoms. The van der Waals surface area contributed by atoms with Crippen molar-refractivity contribution in [3.05, 3.63) is 23.8 Å². The van der Waals surface area contributed by atoms with Gasteiger partial charge >= 0.3 is 11.9 Å². The molecule has 3 N–H and O–H groups in total. The van der Waals surface area contributed by atoms with Gasteiger partial charge in [0.1, 0.15) is 17.6 Å². The fourth-order valence-corrected chi connectivity index (χ4v) is 3.52. The maximum atomic E-state index is 12.3. The fraction of sp³-hybridized carbons (Fsp3) is 0.640. The molecule has 0 saturated carbocycles. The highest BCUT2D eigenvalue weighted by Gasteiger charge is 2.19. The number of amides is 1. The van der Waals surface area contributed by atoms with Crippen molar-refractivity contribution in [3.8, 4) is 11.5 Å². The summed E-state index contributed by atoms with van der Waals surface area (Å²) in [4.78, 5) is 35.6. The molecule has 1 aromatic rings. The molecule has 33 heavy (non-hydrogen) atoms. The zero-order valence-corrected chi connectivity index (χ0v) is 19.9.